The summed E-state index contributed by atoms with van der Waals surface area (Å²) in [5.74, 6) is -1.82. The SMILES string of the molecule is Cc1ccc(NC(=O)COC(=O)c2ccc(Cl)cc2)c(F)c1. The number of halogens is 2. The first-order chi connectivity index (χ1) is 10.5. The van der Waals surface area contributed by atoms with Gasteiger partial charge in [-0.15, -0.1) is 0 Å². The maximum atomic E-state index is 13.6. The molecule has 4 nitrogen and oxygen atoms in total. The molecular formula is C16H13ClFNO3. The number of anilines is 1. The van der Waals surface area contributed by atoms with Crippen molar-refractivity contribution in [2.45, 2.75) is 6.92 Å². The summed E-state index contributed by atoms with van der Waals surface area (Å²) in [6.45, 7) is 1.23. The molecule has 0 aliphatic carbocycles. The standard InChI is InChI=1S/C16H13ClFNO3/c1-10-2-7-14(13(18)8-10)19-15(20)9-22-16(21)11-3-5-12(17)6-4-11/h2-8H,9H2,1H3,(H,19,20). The van der Waals surface area contributed by atoms with Crippen molar-refractivity contribution in [1.82, 2.24) is 0 Å². The van der Waals surface area contributed by atoms with Crippen molar-refractivity contribution >= 4 is 29.2 Å². The molecule has 0 fully saturated rings. The Balaban J connectivity index is 1.89. The topological polar surface area (TPSA) is 55.4 Å². The van der Waals surface area contributed by atoms with E-state index in [2.05, 4.69) is 5.32 Å². The number of esters is 1. The minimum Gasteiger partial charge on any atom is -0.452 e. The Bertz CT molecular complexity index is 701. The van der Waals surface area contributed by atoms with Crippen molar-refractivity contribution in [3.05, 3.63) is 64.4 Å². The highest BCUT2D eigenvalue weighted by Crippen LogP contribution is 2.15. The molecule has 2 aromatic carbocycles. The Hall–Kier alpha value is -2.40. The zero-order chi connectivity index (χ0) is 16.1. The lowest BCUT2D eigenvalue weighted by atomic mass is 10.2. The summed E-state index contributed by atoms with van der Waals surface area (Å²) in [4.78, 5) is 23.4. The molecule has 0 saturated heterocycles. The lowest BCUT2D eigenvalue weighted by molar-refractivity contribution is -0.119. The highest BCUT2D eigenvalue weighted by atomic mass is 35.5. The number of aryl methyl sites for hydroxylation is 1. The predicted molar refractivity (Wildman–Crippen MR) is 81.5 cm³/mol. The van der Waals surface area contributed by atoms with Crippen molar-refractivity contribution in [2.75, 3.05) is 11.9 Å². The monoisotopic (exact) mass is 321 g/mol. The first kappa shape index (κ1) is 16.0. The van der Waals surface area contributed by atoms with E-state index >= 15 is 0 Å². The molecule has 0 aliphatic rings. The minimum absolute atomic E-state index is 0.0399. The summed E-state index contributed by atoms with van der Waals surface area (Å²) >= 11 is 5.71. The summed E-state index contributed by atoms with van der Waals surface area (Å²) in [5, 5.41) is 2.83. The number of carbonyl (C=O) groups excluding carboxylic acids is 2. The lowest BCUT2D eigenvalue weighted by Gasteiger charge is -2.08. The minimum atomic E-state index is -0.656. The fourth-order valence-electron chi connectivity index (χ4n) is 1.71. The number of rotatable bonds is 4. The number of carbonyl (C=O) groups is 2. The molecule has 0 aliphatic heterocycles. The molecular weight excluding hydrogens is 309 g/mol. The van der Waals surface area contributed by atoms with E-state index in [1.165, 1.54) is 24.3 Å². The maximum Gasteiger partial charge on any atom is 0.338 e. The first-order valence-corrected chi connectivity index (χ1v) is 6.82. The Morgan fingerprint density at radius 2 is 1.86 bits per heavy atom. The second-order valence-corrected chi connectivity index (χ2v) is 5.05. The van der Waals surface area contributed by atoms with Gasteiger partial charge in [-0.1, -0.05) is 17.7 Å². The van der Waals surface area contributed by atoms with Crippen LogP contribution >= 0.6 is 11.6 Å². The van der Waals surface area contributed by atoms with Crippen LogP contribution in [-0.4, -0.2) is 18.5 Å². The van der Waals surface area contributed by atoms with Gasteiger partial charge in [0.05, 0.1) is 11.3 Å². The second kappa shape index (κ2) is 7.04. The van der Waals surface area contributed by atoms with Crippen LogP contribution in [0.3, 0.4) is 0 Å². The molecule has 1 amide bonds. The van der Waals surface area contributed by atoms with Gasteiger partial charge in [-0.2, -0.15) is 0 Å². The molecule has 0 aromatic heterocycles. The quantitative estimate of drug-likeness (QED) is 0.876. The summed E-state index contributed by atoms with van der Waals surface area (Å²) < 4.78 is 18.4. The van der Waals surface area contributed by atoms with Crippen molar-refractivity contribution in [3.8, 4) is 0 Å². The van der Waals surface area contributed by atoms with Gasteiger partial charge in [-0.3, -0.25) is 4.79 Å². The lowest BCUT2D eigenvalue weighted by Crippen LogP contribution is -2.21. The number of hydrogen-bond donors (Lipinski definition) is 1. The molecule has 0 heterocycles. The number of ether oxygens (including phenoxy) is 1. The average molecular weight is 322 g/mol. The van der Waals surface area contributed by atoms with Gasteiger partial charge in [-0.05, 0) is 48.9 Å². The predicted octanol–water partition coefficient (Wildman–Crippen LogP) is 3.58. The molecule has 0 spiro atoms. The molecule has 2 aromatic rings. The Labute approximate surface area is 131 Å². The van der Waals surface area contributed by atoms with E-state index in [0.29, 0.717) is 5.02 Å². The van der Waals surface area contributed by atoms with Crippen LogP contribution in [0.4, 0.5) is 10.1 Å². The van der Waals surface area contributed by atoms with Crippen LogP contribution < -0.4 is 5.32 Å². The summed E-state index contributed by atoms with van der Waals surface area (Å²) in [6, 6.07) is 10.5. The van der Waals surface area contributed by atoms with Gasteiger partial charge in [0, 0.05) is 5.02 Å². The zero-order valence-corrected chi connectivity index (χ0v) is 12.5. The molecule has 0 atom stereocenters. The Morgan fingerprint density at radius 1 is 1.18 bits per heavy atom. The number of hydrogen-bond acceptors (Lipinski definition) is 3. The maximum absolute atomic E-state index is 13.6. The molecule has 22 heavy (non-hydrogen) atoms. The van der Waals surface area contributed by atoms with E-state index in [0.717, 1.165) is 5.56 Å². The molecule has 6 heteroatoms. The van der Waals surface area contributed by atoms with Crippen LogP contribution in [0.1, 0.15) is 15.9 Å². The first-order valence-electron chi connectivity index (χ1n) is 6.44. The van der Waals surface area contributed by atoms with Gasteiger partial charge in [0.1, 0.15) is 5.82 Å². The van der Waals surface area contributed by atoms with Gasteiger partial charge >= 0.3 is 5.97 Å². The molecule has 1 N–H and O–H groups in total. The van der Waals surface area contributed by atoms with E-state index in [-0.39, 0.29) is 11.3 Å². The Kier molecular flexibility index (Phi) is 5.12. The zero-order valence-electron chi connectivity index (χ0n) is 11.7. The van der Waals surface area contributed by atoms with E-state index in [1.807, 2.05) is 0 Å². The van der Waals surface area contributed by atoms with E-state index < -0.39 is 24.3 Å². The van der Waals surface area contributed by atoms with Crippen molar-refractivity contribution in [3.63, 3.8) is 0 Å². The van der Waals surface area contributed by atoms with Crippen LogP contribution in [0.25, 0.3) is 0 Å². The summed E-state index contributed by atoms with van der Waals surface area (Å²) in [6.07, 6.45) is 0. The van der Waals surface area contributed by atoms with E-state index in [4.69, 9.17) is 16.3 Å². The highest BCUT2D eigenvalue weighted by molar-refractivity contribution is 6.30. The average Bonchev–Trinajstić information content (AvgIpc) is 2.48. The molecule has 0 saturated carbocycles. The number of nitrogens with one attached hydrogen (secondary N) is 1. The second-order valence-electron chi connectivity index (χ2n) is 4.61. The molecule has 0 unspecified atom stereocenters. The summed E-state index contributed by atoms with van der Waals surface area (Å²) in [7, 11) is 0. The molecule has 2 rings (SSSR count). The number of amides is 1. The molecule has 114 valence electrons. The van der Waals surface area contributed by atoms with E-state index in [9.17, 15) is 14.0 Å². The van der Waals surface area contributed by atoms with Gasteiger partial charge in [0.2, 0.25) is 0 Å². The fourth-order valence-corrected chi connectivity index (χ4v) is 1.83. The van der Waals surface area contributed by atoms with Gasteiger partial charge < -0.3 is 10.1 Å². The normalized spacial score (nSPS) is 10.1. The van der Waals surface area contributed by atoms with Crippen LogP contribution in [0, 0.1) is 12.7 Å². The Morgan fingerprint density at radius 3 is 2.50 bits per heavy atom. The van der Waals surface area contributed by atoms with Crippen molar-refractivity contribution < 1.29 is 18.7 Å². The van der Waals surface area contributed by atoms with Gasteiger partial charge in [0.15, 0.2) is 6.61 Å². The van der Waals surface area contributed by atoms with Gasteiger partial charge in [-0.25, -0.2) is 9.18 Å². The third-order valence-electron chi connectivity index (χ3n) is 2.81. The largest absolute Gasteiger partial charge is 0.452 e. The summed E-state index contributed by atoms with van der Waals surface area (Å²) in [5.41, 5.74) is 1.06. The van der Waals surface area contributed by atoms with Crippen LogP contribution in [0.15, 0.2) is 42.5 Å². The van der Waals surface area contributed by atoms with E-state index in [1.54, 1.807) is 25.1 Å². The number of benzene rings is 2. The third-order valence-corrected chi connectivity index (χ3v) is 3.06. The smallest absolute Gasteiger partial charge is 0.338 e. The van der Waals surface area contributed by atoms with Crippen LogP contribution in [0.5, 0.6) is 0 Å². The van der Waals surface area contributed by atoms with Gasteiger partial charge in [0.25, 0.3) is 5.91 Å². The fraction of sp³-hybridized carbons (Fsp3) is 0.125. The third kappa shape index (κ3) is 4.30. The van der Waals surface area contributed by atoms with Crippen molar-refractivity contribution in [1.29, 1.82) is 0 Å². The molecule has 0 radical (unpaired) electrons. The van der Waals surface area contributed by atoms with Crippen LogP contribution in [-0.2, 0) is 9.53 Å². The van der Waals surface area contributed by atoms with Crippen LogP contribution in [0.2, 0.25) is 5.02 Å². The molecule has 0 bridgehead atoms. The highest BCUT2D eigenvalue weighted by Gasteiger charge is 2.11. The van der Waals surface area contributed by atoms with Crippen molar-refractivity contribution in [2.24, 2.45) is 0 Å².